The molecule has 5 unspecified atom stereocenters. The van der Waals surface area contributed by atoms with Gasteiger partial charge >= 0.3 is 39.5 Å². The number of carbonyl (C=O) groups is 4. The Morgan fingerprint density at radius 2 is 0.520 bits per heavy atom. The van der Waals surface area contributed by atoms with Gasteiger partial charge in [-0.15, -0.1) is 0 Å². The fraction of sp³-hybridized carbons (Fsp3) is 0.827. The van der Waals surface area contributed by atoms with Crippen molar-refractivity contribution in [3.8, 4) is 0 Å². The molecule has 17 nitrogen and oxygen atoms in total. The predicted octanol–water partition coefficient (Wildman–Crippen LogP) is 23.5. The van der Waals surface area contributed by atoms with Gasteiger partial charge < -0.3 is 33.8 Å². The zero-order chi connectivity index (χ0) is 73.2. The molecule has 5 atom stereocenters. The van der Waals surface area contributed by atoms with Crippen LogP contribution in [0, 0.1) is 0 Å². The normalized spacial score (nSPS) is 14.2. The van der Waals surface area contributed by atoms with E-state index in [0.717, 1.165) is 122 Å². The van der Waals surface area contributed by atoms with Gasteiger partial charge in [-0.05, 0) is 70.6 Å². The van der Waals surface area contributed by atoms with Crippen molar-refractivity contribution in [3.05, 3.63) is 60.8 Å². The number of aliphatic hydroxyl groups is 1. The molecule has 0 spiro atoms. The summed E-state index contributed by atoms with van der Waals surface area (Å²) < 4.78 is 68.6. The lowest BCUT2D eigenvalue weighted by Crippen LogP contribution is -2.30. The molecule has 0 saturated heterocycles. The number of esters is 4. The molecular weight excluding hydrogens is 1310 g/mol. The van der Waals surface area contributed by atoms with Gasteiger partial charge in [0.2, 0.25) is 0 Å². The first kappa shape index (κ1) is 96.8. The molecule has 0 aromatic carbocycles. The Hall–Kier alpha value is -3.24. The first-order valence-corrected chi connectivity index (χ1v) is 43.5. The number of aliphatic hydroxyl groups excluding tert-OH is 1. The van der Waals surface area contributed by atoms with Crippen LogP contribution in [0.15, 0.2) is 60.8 Å². The minimum Gasteiger partial charge on any atom is -0.462 e. The van der Waals surface area contributed by atoms with E-state index in [1.54, 1.807) is 0 Å². The van der Waals surface area contributed by atoms with Crippen LogP contribution in [0.1, 0.15) is 374 Å². The largest absolute Gasteiger partial charge is 0.472 e. The van der Waals surface area contributed by atoms with E-state index < -0.39 is 97.5 Å². The monoisotopic (exact) mass is 1460 g/mol. The summed E-state index contributed by atoms with van der Waals surface area (Å²) in [4.78, 5) is 73.0. The Kier molecular flexibility index (Phi) is 71.6. The van der Waals surface area contributed by atoms with Crippen LogP contribution >= 0.6 is 15.6 Å². The topological polar surface area (TPSA) is 237 Å². The standard InChI is InChI=1S/C81H148O17P2/c1-5-9-13-17-21-25-29-32-35-36-37-38-41-43-47-50-54-58-62-66-79(84)91-71-76(97-80(85)67-63-59-55-51-45-28-24-20-16-12-8-4)73-95-99(87,88)93-69-75(82)70-94-100(89,90)96-74-77(98-81(86)68-64-60-56-52-48-44-40-34-31-27-23-19-15-11-7-3)72-92-78(83)65-61-57-53-49-46-42-39-33-30-26-22-18-14-10-6-2/h9,13,21,25,32,35,37-38,43,47,75-77,82H,5-8,10-12,14-20,22-24,26-31,33-34,36,39-42,44-46,48-74H2,1-4H3,(H,87,88)(H,89,90)/b13-9-,25-21-,35-32-,38-37-,47-43-. The number of phosphoric acid groups is 2. The van der Waals surface area contributed by atoms with E-state index in [9.17, 15) is 43.2 Å². The van der Waals surface area contributed by atoms with E-state index in [1.807, 2.05) is 0 Å². The minimum absolute atomic E-state index is 0.0930. The van der Waals surface area contributed by atoms with Gasteiger partial charge in [0.1, 0.15) is 19.3 Å². The third-order valence-corrected chi connectivity index (χ3v) is 19.4. The van der Waals surface area contributed by atoms with Crippen LogP contribution in [0.25, 0.3) is 0 Å². The molecular formula is C81H148O17P2. The molecule has 0 rings (SSSR count). The first-order chi connectivity index (χ1) is 48.7. The molecule has 3 N–H and O–H groups in total. The van der Waals surface area contributed by atoms with Crippen LogP contribution in [0.4, 0.5) is 0 Å². The SMILES string of the molecule is CC/C=C\C/C=C\C/C=C\C/C=C\C/C=C\CCCCCC(=O)OCC(COP(=O)(O)OCC(O)COP(=O)(O)OCC(COC(=O)CCCCCCCCCCCCCCCCC)OC(=O)CCCCCCCCCCCCCCCCC)OC(=O)CCCCCCCCCCCCC. The molecule has 0 amide bonds. The average molecular weight is 1460 g/mol. The summed E-state index contributed by atoms with van der Waals surface area (Å²) in [5.41, 5.74) is 0. The van der Waals surface area contributed by atoms with Gasteiger partial charge in [0.25, 0.3) is 0 Å². The molecule has 0 radical (unpaired) electrons. The van der Waals surface area contributed by atoms with E-state index >= 15 is 0 Å². The maximum absolute atomic E-state index is 13.1. The maximum Gasteiger partial charge on any atom is 0.472 e. The van der Waals surface area contributed by atoms with Gasteiger partial charge in [0.15, 0.2) is 12.2 Å². The number of ether oxygens (including phenoxy) is 4. The highest BCUT2D eigenvalue weighted by molar-refractivity contribution is 7.47. The molecule has 584 valence electrons. The highest BCUT2D eigenvalue weighted by Gasteiger charge is 2.30. The molecule has 0 aromatic rings. The zero-order valence-electron chi connectivity index (χ0n) is 63.9. The molecule has 0 bridgehead atoms. The summed E-state index contributed by atoms with van der Waals surface area (Å²) in [6.45, 7) is 4.81. The van der Waals surface area contributed by atoms with Gasteiger partial charge in [0.05, 0.1) is 26.4 Å². The van der Waals surface area contributed by atoms with Crippen molar-refractivity contribution in [3.63, 3.8) is 0 Å². The van der Waals surface area contributed by atoms with E-state index in [-0.39, 0.29) is 25.7 Å². The first-order valence-electron chi connectivity index (χ1n) is 40.5. The number of hydrogen-bond acceptors (Lipinski definition) is 15. The van der Waals surface area contributed by atoms with Crippen molar-refractivity contribution in [2.45, 2.75) is 393 Å². The van der Waals surface area contributed by atoms with Gasteiger partial charge in [-0.1, -0.05) is 339 Å². The van der Waals surface area contributed by atoms with Crippen LogP contribution < -0.4 is 0 Å². The summed E-state index contributed by atoms with van der Waals surface area (Å²) in [5.74, 6) is -2.17. The van der Waals surface area contributed by atoms with Crippen molar-refractivity contribution in [2.75, 3.05) is 39.6 Å². The van der Waals surface area contributed by atoms with Crippen LogP contribution in [0.2, 0.25) is 0 Å². The fourth-order valence-electron chi connectivity index (χ4n) is 11.4. The maximum atomic E-state index is 13.1. The van der Waals surface area contributed by atoms with E-state index in [2.05, 4.69) is 88.5 Å². The number of rotatable bonds is 77. The van der Waals surface area contributed by atoms with Crippen molar-refractivity contribution in [2.24, 2.45) is 0 Å². The molecule has 19 heteroatoms. The van der Waals surface area contributed by atoms with Crippen LogP contribution in [0.3, 0.4) is 0 Å². The minimum atomic E-state index is -4.97. The Morgan fingerprint density at radius 1 is 0.290 bits per heavy atom. The van der Waals surface area contributed by atoms with Gasteiger partial charge in [-0.3, -0.25) is 37.3 Å². The Morgan fingerprint density at radius 3 is 0.800 bits per heavy atom. The lowest BCUT2D eigenvalue weighted by atomic mass is 10.0. The molecule has 0 heterocycles. The Bertz CT molecular complexity index is 2130. The smallest absolute Gasteiger partial charge is 0.462 e. The molecule has 100 heavy (non-hydrogen) atoms. The highest BCUT2D eigenvalue weighted by atomic mass is 31.2. The molecule has 0 aliphatic heterocycles. The second-order valence-corrected chi connectivity index (χ2v) is 30.3. The van der Waals surface area contributed by atoms with Gasteiger partial charge in [0, 0.05) is 25.7 Å². The molecule has 0 aromatic heterocycles. The lowest BCUT2D eigenvalue weighted by Gasteiger charge is -2.21. The summed E-state index contributed by atoms with van der Waals surface area (Å²) in [6, 6.07) is 0. The number of hydrogen-bond donors (Lipinski definition) is 3. The molecule has 0 aliphatic carbocycles. The van der Waals surface area contributed by atoms with Crippen molar-refractivity contribution >= 4 is 39.5 Å². The molecule has 0 fully saturated rings. The Balaban J connectivity index is 5.30. The van der Waals surface area contributed by atoms with Gasteiger partial charge in [-0.2, -0.15) is 0 Å². The summed E-state index contributed by atoms with van der Waals surface area (Å²) in [7, 11) is -9.94. The summed E-state index contributed by atoms with van der Waals surface area (Å²) >= 11 is 0. The number of unbranched alkanes of at least 4 members (excludes halogenated alkanes) is 41. The van der Waals surface area contributed by atoms with E-state index in [1.165, 1.54) is 173 Å². The third-order valence-electron chi connectivity index (χ3n) is 17.5. The van der Waals surface area contributed by atoms with Crippen molar-refractivity contribution < 1.29 is 80.2 Å². The zero-order valence-corrected chi connectivity index (χ0v) is 65.7. The quantitative estimate of drug-likeness (QED) is 0.0169. The predicted molar refractivity (Wildman–Crippen MR) is 409 cm³/mol. The van der Waals surface area contributed by atoms with Crippen LogP contribution in [-0.4, -0.2) is 96.7 Å². The van der Waals surface area contributed by atoms with Crippen molar-refractivity contribution in [1.29, 1.82) is 0 Å². The number of allylic oxidation sites excluding steroid dienone is 10. The van der Waals surface area contributed by atoms with E-state index in [4.69, 9.17) is 37.0 Å². The second-order valence-electron chi connectivity index (χ2n) is 27.4. The summed E-state index contributed by atoms with van der Waals surface area (Å²) in [5, 5.41) is 10.6. The molecule has 0 aliphatic rings. The van der Waals surface area contributed by atoms with Crippen LogP contribution in [0.5, 0.6) is 0 Å². The highest BCUT2D eigenvalue weighted by Crippen LogP contribution is 2.45. The van der Waals surface area contributed by atoms with Crippen molar-refractivity contribution in [1.82, 2.24) is 0 Å². The fourth-order valence-corrected chi connectivity index (χ4v) is 12.9. The number of carbonyl (C=O) groups excluding carboxylic acids is 4. The van der Waals surface area contributed by atoms with Crippen LogP contribution in [-0.2, 0) is 65.4 Å². The summed E-state index contributed by atoms with van der Waals surface area (Å²) in [6.07, 6.45) is 73.4. The Labute approximate surface area is 610 Å². The number of phosphoric ester groups is 2. The third kappa shape index (κ3) is 73.1. The molecule has 0 saturated carbocycles. The average Bonchev–Trinajstić information content (AvgIpc) is 0.953. The van der Waals surface area contributed by atoms with Gasteiger partial charge in [-0.25, -0.2) is 9.13 Å². The second kappa shape index (κ2) is 74.0. The van der Waals surface area contributed by atoms with E-state index in [0.29, 0.717) is 25.7 Å². The lowest BCUT2D eigenvalue weighted by molar-refractivity contribution is -0.161.